The number of halogens is 3. The maximum absolute atomic E-state index is 13.1. The average molecular weight is 273 g/mol. The van der Waals surface area contributed by atoms with E-state index < -0.39 is 5.82 Å². The lowest BCUT2D eigenvalue weighted by molar-refractivity contribution is 0.298. The number of aromatic nitrogens is 2. The molecule has 3 nitrogen and oxygen atoms in total. The van der Waals surface area contributed by atoms with Crippen LogP contribution in [0.5, 0.6) is 5.75 Å². The molecule has 17 heavy (non-hydrogen) atoms. The second-order valence-electron chi connectivity index (χ2n) is 3.21. The third-order valence-corrected chi connectivity index (χ3v) is 2.47. The molecular weight excluding hydrogens is 266 g/mol. The highest BCUT2D eigenvalue weighted by molar-refractivity contribution is 6.30. The molecule has 6 heteroatoms. The van der Waals surface area contributed by atoms with Gasteiger partial charge in [0.25, 0.3) is 0 Å². The molecule has 2 rings (SSSR count). The van der Waals surface area contributed by atoms with Crippen molar-refractivity contribution in [2.75, 3.05) is 0 Å². The monoisotopic (exact) mass is 272 g/mol. The van der Waals surface area contributed by atoms with Crippen LogP contribution in [0.3, 0.4) is 0 Å². The molecule has 1 aromatic heterocycles. The topological polar surface area (TPSA) is 35.0 Å². The summed E-state index contributed by atoms with van der Waals surface area (Å²) in [5.74, 6) is -0.144. The third-order valence-electron chi connectivity index (χ3n) is 1.97. The molecule has 0 spiro atoms. The fraction of sp³-hybridized carbons (Fsp3) is 0.0909. The van der Waals surface area contributed by atoms with Crippen LogP contribution in [0.2, 0.25) is 10.2 Å². The van der Waals surface area contributed by atoms with Crippen molar-refractivity contribution in [3.63, 3.8) is 0 Å². The van der Waals surface area contributed by atoms with Crippen molar-refractivity contribution in [3.05, 3.63) is 52.0 Å². The van der Waals surface area contributed by atoms with Crippen LogP contribution in [0.4, 0.5) is 4.39 Å². The zero-order valence-corrected chi connectivity index (χ0v) is 10.0. The van der Waals surface area contributed by atoms with Crippen molar-refractivity contribution in [2.24, 2.45) is 0 Å². The van der Waals surface area contributed by atoms with Gasteiger partial charge in [-0.25, -0.2) is 4.39 Å². The maximum atomic E-state index is 13.1. The highest BCUT2D eigenvalue weighted by atomic mass is 35.5. The molecule has 0 unspecified atom stereocenters. The summed E-state index contributed by atoms with van der Waals surface area (Å²) in [4.78, 5) is 0. The lowest BCUT2D eigenvalue weighted by Crippen LogP contribution is -1.99. The molecule has 0 amide bonds. The van der Waals surface area contributed by atoms with Crippen molar-refractivity contribution in [3.8, 4) is 5.75 Å². The molecule has 0 radical (unpaired) electrons. The molecule has 0 aliphatic rings. The van der Waals surface area contributed by atoms with Crippen LogP contribution in [-0.2, 0) is 6.61 Å². The molecule has 1 aromatic carbocycles. The summed E-state index contributed by atoms with van der Waals surface area (Å²) in [6.45, 7) is 0.186. The Morgan fingerprint density at radius 2 is 1.94 bits per heavy atom. The molecule has 0 fully saturated rings. The van der Waals surface area contributed by atoms with Crippen LogP contribution in [0.15, 0.2) is 30.3 Å². The first-order valence-electron chi connectivity index (χ1n) is 4.71. The number of rotatable bonds is 3. The van der Waals surface area contributed by atoms with Gasteiger partial charge in [-0.3, -0.25) is 0 Å². The van der Waals surface area contributed by atoms with E-state index in [4.69, 9.17) is 27.9 Å². The molecule has 0 N–H and O–H groups in total. The minimum Gasteiger partial charge on any atom is -0.487 e. The van der Waals surface area contributed by atoms with E-state index in [2.05, 4.69) is 10.2 Å². The Hall–Kier alpha value is -1.39. The Kier molecular flexibility index (Phi) is 3.76. The standard InChI is InChI=1S/C11H7Cl2FN2O/c12-9-3-2-8(5-10(9)14)17-6-7-1-4-11(13)16-15-7/h1-5H,6H2. The van der Waals surface area contributed by atoms with E-state index in [0.717, 1.165) is 0 Å². The molecule has 0 aliphatic carbocycles. The summed E-state index contributed by atoms with van der Waals surface area (Å²) in [5.41, 5.74) is 0.602. The number of benzene rings is 1. The molecule has 0 saturated carbocycles. The summed E-state index contributed by atoms with van der Waals surface area (Å²) in [7, 11) is 0. The van der Waals surface area contributed by atoms with Crippen molar-refractivity contribution in [1.82, 2.24) is 10.2 Å². The number of hydrogen-bond acceptors (Lipinski definition) is 3. The molecule has 88 valence electrons. The summed E-state index contributed by atoms with van der Waals surface area (Å²) >= 11 is 11.1. The number of hydrogen-bond donors (Lipinski definition) is 0. The lowest BCUT2D eigenvalue weighted by atomic mass is 10.3. The van der Waals surface area contributed by atoms with E-state index >= 15 is 0 Å². The average Bonchev–Trinajstić information content (AvgIpc) is 2.33. The summed E-state index contributed by atoms with van der Waals surface area (Å²) in [5, 5.41) is 7.84. The van der Waals surface area contributed by atoms with Crippen LogP contribution in [0.25, 0.3) is 0 Å². The van der Waals surface area contributed by atoms with Crippen molar-refractivity contribution >= 4 is 23.2 Å². The second-order valence-corrected chi connectivity index (χ2v) is 4.01. The van der Waals surface area contributed by atoms with Gasteiger partial charge in [-0.15, -0.1) is 5.10 Å². The molecule has 2 aromatic rings. The third kappa shape index (κ3) is 3.28. The molecular formula is C11H7Cl2FN2O. The van der Waals surface area contributed by atoms with Gasteiger partial charge in [0.15, 0.2) is 5.15 Å². The van der Waals surface area contributed by atoms with Crippen molar-refractivity contribution < 1.29 is 9.13 Å². The van der Waals surface area contributed by atoms with E-state index in [1.54, 1.807) is 18.2 Å². The summed E-state index contributed by atoms with van der Waals surface area (Å²) in [6, 6.07) is 7.51. The quantitative estimate of drug-likeness (QED) is 0.858. The smallest absolute Gasteiger partial charge is 0.151 e. The largest absolute Gasteiger partial charge is 0.487 e. The van der Waals surface area contributed by atoms with Gasteiger partial charge >= 0.3 is 0 Å². The van der Waals surface area contributed by atoms with Gasteiger partial charge in [-0.2, -0.15) is 5.10 Å². The van der Waals surface area contributed by atoms with E-state index in [-0.39, 0.29) is 11.6 Å². The minimum atomic E-state index is -0.522. The van der Waals surface area contributed by atoms with E-state index in [0.29, 0.717) is 16.6 Å². The molecule has 0 saturated heterocycles. The molecule has 0 atom stereocenters. The molecule has 0 bridgehead atoms. The first kappa shape index (κ1) is 12.1. The number of nitrogens with zero attached hydrogens (tertiary/aromatic N) is 2. The van der Waals surface area contributed by atoms with Crippen LogP contribution in [0, 0.1) is 5.82 Å². The fourth-order valence-corrected chi connectivity index (χ4v) is 1.36. The fourth-order valence-electron chi connectivity index (χ4n) is 1.14. The first-order chi connectivity index (χ1) is 8.15. The van der Waals surface area contributed by atoms with E-state index in [1.807, 2.05) is 0 Å². The van der Waals surface area contributed by atoms with Crippen LogP contribution < -0.4 is 4.74 Å². The summed E-state index contributed by atoms with van der Waals surface area (Å²) < 4.78 is 18.4. The Balaban J connectivity index is 2.02. The van der Waals surface area contributed by atoms with Gasteiger partial charge in [-0.1, -0.05) is 23.2 Å². The van der Waals surface area contributed by atoms with E-state index in [9.17, 15) is 4.39 Å². The Labute approximate surface area is 107 Å². The van der Waals surface area contributed by atoms with Crippen molar-refractivity contribution in [2.45, 2.75) is 6.61 Å². The predicted molar refractivity (Wildman–Crippen MR) is 62.8 cm³/mol. The van der Waals surface area contributed by atoms with Gasteiger partial charge in [0.05, 0.1) is 5.02 Å². The van der Waals surface area contributed by atoms with E-state index in [1.165, 1.54) is 12.1 Å². The summed E-state index contributed by atoms with van der Waals surface area (Å²) in [6.07, 6.45) is 0. The van der Waals surface area contributed by atoms with Gasteiger partial charge in [0.1, 0.15) is 23.9 Å². The van der Waals surface area contributed by atoms with Crippen LogP contribution in [-0.4, -0.2) is 10.2 Å². The normalized spacial score (nSPS) is 10.3. The SMILES string of the molecule is Fc1cc(OCc2ccc(Cl)nn2)ccc1Cl. The van der Waals surface area contributed by atoms with Gasteiger partial charge < -0.3 is 4.74 Å². The first-order valence-corrected chi connectivity index (χ1v) is 5.47. The highest BCUT2D eigenvalue weighted by Gasteiger charge is 2.03. The molecule has 0 aliphatic heterocycles. The Bertz CT molecular complexity index is 519. The number of ether oxygens (including phenoxy) is 1. The lowest BCUT2D eigenvalue weighted by Gasteiger charge is -2.05. The van der Waals surface area contributed by atoms with Crippen LogP contribution in [0.1, 0.15) is 5.69 Å². The minimum absolute atomic E-state index is 0.0589. The Morgan fingerprint density at radius 3 is 2.59 bits per heavy atom. The zero-order chi connectivity index (χ0) is 12.3. The second kappa shape index (κ2) is 5.29. The Morgan fingerprint density at radius 1 is 1.12 bits per heavy atom. The maximum Gasteiger partial charge on any atom is 0.151 e. The highest BCUT2D eigenvalue weighted by Crippen LogP contribution is 2.20. The van der Waals surface area contributed by atoms with Gasteiger partial charge in [0, 0.05) is 6.07 Å². The van der Waals surface area contributed by atoms with Gasteiger partial charge in [0.2, 0.25) is 0 Å². The predicted octanol–water partition coefficient (Wildman–Crippen LogP) is 3.50. The zero-order valence-electron chi connectivity index (χ0n) is 8.53. The molecule has 1 heterocycles. The van der Waals surface area contributed by atoms with Crippen LogP contribution >= 0.6 is 23.2 Å². The van der Waals surface area contributed by atoms with Gasteiger partial charge in [-0.05, 0) is 24.3 Å². The van der Waals surface area contributed by atoms with Crippen molar-refractivity contribution in [1.29, 1.82) is 0 Å².